The van der Waals surface area contributed by atoms with E-state index in [1.54, 1.807) is 12.1 Å². The van der Waals surface area contributed by atoms with Gasteiger partial charge in [-0.25, -0.2) is 0 Å². The lowest BCUT2D eigenvalue weighted by Gasteiger charge is -2.09. The molecule has 1 amide bonds. The van der Waals surface area contributed by atoms with Crippen LogP contribution in [0.4, 0.5) is 5.69 Å². The Morgan fingerprint density at radius 2 is 1.82 bits per heavy atom. The van der Waals surface area contributed by atoms with E-state index in [-0.39, 0.29) is 11.5 Å². The smallest absolute Gasteiger partial charge is 0.266 e. The van der Waals surface area contributed by atoms with E-state index < -0.39 is 0 Å². The van der Waals surface area contributed by atoms with Gasteiger partial charge in [0.15, 0.2) is 0 Å². The fourth-order valence-electron chi connectivity index (χ4n) is 2.69. The summed E-state index contributed by atoms with van der Waals surface area (Å²) in [6, 6.07) is 9.29. The number of benzene rings is 1. The molecule has 0 aliphatic heterocycles. The van der Waals surface area contributed by atoms with Gasteiger partial charge in [-0.1, -0.05) is 12.8 Å². The zero-order chi connectivity index (χ0) is 15.8. The molecule has 0 aromatic heterocycles. The van der Waals surface area contributed by atoms with Crippen LogP contribution in [-0.4, -0.2) is 12.5 Å². The molecule has 22 heavy (non-hydrogen) atoms. The van der Waals surface area contributed by atoms with E-state index in [2.05, 4.69) is 11.4 Å². The summed E-state index contributed by atoms with van der Waals surface area (Å²) in [5, 5.41) is 12.1. The Labute approximate surface area is 131 Å². The average molecular weight is 298 g/mol. The second kappa shape index (κ2) is 8.23. The third-order valence-corrected chi connectivity index (χ3v) is 3.82. The first-order chi connectivity index (χ1) is 10.7. The maximum atomic E-state index is 12.3. The number of ether oxygens (including phenoxy) is 1. The van der Waals surface area contributed by atoms with E-state index in [1.165, 1.54) is 12.8 Å². The Hall–Kier alpha value is -2.28. The fraction of sp³-hybridized carbons (Fsp3) is 0.444. The molecule has 0 radical (unpaired) electrons. The molecule has 0 unspecified atom stereocenters. The molecule has 0 bridgehead atoms. The second-order valence-corrected chi connectivity index (χ2v) is 5.42. The first-order valence-corrected chi connectivity index (χ1v) is 7.91. The number of nitrogens with zero attached hydrogens (tertiary/aromatic N) is 1. The highest BCUT2D eigenvalue weighted by molar-refractivity contribution is 6.07. The number of amides is 1. The molecule has 1 aromatic carbocycles. The van der Waals surface area contributed by atoms with Crippen molar-refractivity contribution in [3.63, 3.8) is 0 Å². The van der Waals surface area contributed by atoms with Crippen molar-refractivity contribution in [2.45, 2.75) is 45.4 Å². The maximum absolute atomic E-state index is 12.3. The summed E-state index contributed by atoms with van der Waals surface area (Å²) in [5.41, 5.74) is 1.97. The van der Waals surface area contributed by atoms with Gasteiger partial charge in [0.2, 0.25) is 0 Å². The van der Waals surface area contributed by atoms with Gasteiger partial charge >= 0.3 is 0 Å². The number of allylic oxidation sites excluding steroid dienone is 1. The van der Waals surface area contributed by atoms with E-state index in [1.807, 2.05) is 19.1 Å². The quantitative estimate of drug-likeness (QED) is 0.515. The number of nitrogens with one attached hydrogen (secondary N) is 1. The molecule has 4 nitrogen and oxygen atoms in total. The van der Waals surface area contributed by atoms with Crippen LogP contribution in [0.3, 0.4) is 0 Å². The maximum Gasteiger partial charge on any atom is 0.266 e. The zero-order valence-corrected chi connectivity index (χ0v) is 13.0. The lowest BCUT2D eigenvalue weighted by Crippen LogP contribution is -2.15. The molecule has 1 aromatic rings. The summed E-state index contributed by atoms with van der Waals surface area (Å²) in [6.07, 6.45) is 6.22. The van der Waals surface area contributed by atoms with Gasteiger partial charge in [0.05, 0.1) is 6.61 Å². The van der Waals surface area contributed by atoms with E-state index in [9.17, 15) is 10.1 Å². The summed E-state index contributed by atoms with van der Waals surface area (Å²) in [4.78, 5) is 12.3. The number of carbonyl (C=O) groups excluding carboxylic acids is 1. The highest BCUT2D eigenvalue weighted by Gasteiger charge is 2.17. The fourth-order valence-corrected chi connectivity index (χ4v) is 2.69. The Kier molecular flexibility index (Phi) is 6.02. The van der Waals surface area contributed by atoms with Crippen molar-refractivity contribution < 1.29 is 9.53 Å². The van der Waals surface area contributed by atoms with Crippen LogP contribution in [0.15, 0.2) is 35.4 Å². The van der Waals surface area contributed by atoms with Crippen molar-refractivity contribution in [1.29, 1.82) is 5.26 Å². The number of anilines is 1. The van der Waals surface area contributed by atoms with E-state index in [0.29, 0.717) is 12.3 Å². The van der Waals surface area contributed by atoms with Gasteiger partial charge in [-0.15, -0.1) is 0 Å². The van der Waals surface area contributed by atoms with Gasteiger partial charge in [0, 0.05) is 5.69 Å². The van der Waals surface area contributed by atoms with Gasteiger partial charge in [-0.2, -0.15) is 5.26 Å². The molecule has 1 N–H and O–H groups in total. The summed E-state index contributed by atoms with van der Waals surface area (Å²) >= 11 is 0. The van der Waals surface area contributed by atoms with Crippen LogP contribution in [0.1, 0.15) is 45.4 Å². The summed E-state index contributed by atoms with van der Waals surface area (Å²) in [5.74, 6) is 0.465. The molecule has 0 spiro atoms. The molecule has 4 heteroatoms. The first-order valence-electron chi connectivity index (χ1n) is 7.91. The topological polar surface area (TPSA) is 62.1 Å². The SMILES string of the molecule is CCOc1ccc(NC(=O)C(C#N)=C2CCCCCC2)cc1. The predicted molar refractivity (Wildman–Crippen MR) is 86.6 cm³/mol. The number of rotatable bonds is 4. The average Bonchev–Trinajstić information content (AvgIpc) is 2.80. The second-order valence-electron chi connectivity index (χ2n) is 5.42. The normalized spacial score (nSPS) is 14.6. The Bertz CT molecular complexity index is 572. The van der Waals surface area contributed by atoms with Gasteiger partial charge in [0.1, 0.15) is 17.4 Å². The molecule has 0 atom stereocenters. The molecule has 1 saturated carbocycles. The van der Waals surface area contributed by atoms with Crippen molar-refractivity contribution in [1.82, 2.24) is 0 Å². The standard InChI is InChI=1S/C18H22N2O2/c1-2-22-16-11-9-15(10-12-16)20-18(21)17(13-19)14-7-5-3-4-6-8-14/h9-12H,2-8H2,1H3,(H,20,21). The van der Waals surface area contributed by atoms with Gasteiger partial charge < -0.3 is 10.1 Å². The zero-order valence-electron chi connectivity index (χ0n) is 13.0. The van der Waals surface area contributed by atoms with Crippen molar-refractivity contribution in [3.8, 4) is 11.8 Å². The third kappa shape index (κ3) is 4.36. The minimum Gasteiger partial charge on any atom is -0.494 e. The predicted octanol–water partition coefficient (Wildman–Crippen LogP) is 4.20. The van der Waals surface area contributed by atoms with Crippen molar-refractivity contribution in [2.75, 3.05) is 11.9 Å². The third-order valence-electron chi connectivity index (χ3n) is 3.82. The van der Waals surface area contributed by atoms with E-state index in [0.717, 1.165) is 37.0 Å². The van der Waals surface area contributed by atoms with Crippen molar-refractivity contribution >= 4 is 11.6 Å². The minimum absolute atomic E-state index is 0.288. The highest BCUT2D eigenvalue weighted by Crippen LogP contribution is 2.25. The molecular formula is C18H22N2O2. The van der Waals surface area contributed by atoms with Crippen molar-refractivity contribution in [2.24, 2.45) is 0 Å². The van der Waals surface area contributed by atoms with E-state index in [4.69, 9.17) is 4.74 Å². The largest absolute Gasteiger partial charge is 0.494 e. The summed E-state index contributed by atoms with van der Waals surface area (Å²) in [6.45, 7) is 2.53. The number of hydrogen-bond donors (Lipinski definition) is 1. The van der Waals surface area contributed by atoms with Crippen LogP contribution < -0.4 is 10.1 Å². The summed E-state index contributed by atoms with van der Waals surface area (Å²) < 4.78 is 5.37. The minimum atomic E-state index is -0.302. The molecule has 1 aliphatic carbocycles. The summed E-state index contributed by atoms with van der Waals surface area (Å²) in [7, 11) is 0. The number of carbonyl (C=O) groups is 1. The lowest BCUT2D eigenvalue weighted by atomic mass is 10.0. The lowest BCUT2D eigenvalue weighted by molar-refractivity contribution is -0.112. The van der Waals surface area contributed by atoms with Crippen molar-refractivity contribution in [3.05, 3.63) is 35.4 Å². The number of hydrogen-bond acceptors (Lipinski definition) is 3. The van der Waals surface area contributed by atoms with Crippen LogP contribution >= 0.6 is 0 Å². The van der Waals surface area contributed by atoms with E-state index >= 15 is 0 Å². The molecule has 116 valence electrons. The molecule has 1 fully saturated rings. The molecule has 0 heterocycles. The van der Waals surface area contributed by atoms with Crippen LogP contribution in [0, 0.1) is 11.3 Å². The molecule has 0 saturated heterocycles. The van der Waals surface area contributed by atoms with Crippen LogP contribution in [0.25, 0.3) is 0 Å². The van der Waals surface area contributed by atoms with Gasteiger partial charge in [-0.3, -0.25) is 4.79 Å². The Morgan fingerprint density at radius 1 is 1.18 bits per heavy atom. The number of nitriles is 1. The monoisotopic (exact) mass is 298 g/mol. The van der Waals surface area contributed by atoms with Crippen LogP contribution in [0.5, 0.6) is 5.75 Å². The van der Waals surface area contributed by atoms with Crippen LogP contribution in [-0.2, 0) is 4.79 Å². The molecule has 1 aliphatic rings. The molecular weight excluding hydrogens is 276 g/mol. The first kappa shape index (κ1) is 16.1. The highest BCUT2D eigenvalue weighted by atomic mass is 16.5. The Morgan fingerprint density at radius 3 is 2.36 bits per heavy atom. The van der Waals surface area contributed by atoms with Gasteiger partial charge in [-0.05, 0) is 62.4 Å². The Balaban J connectivity index is 2.08. The molecule has 2 rings (SSSR count). The van der Waals surface area contributed by atoms with Gasteiger partial charge in [0.25, 0.3) is 5.91 Å². The van der Waals surface area contributed by atoms with Crippen LogP contribution in [0.2, 0.25) is 0 Å².